The van der Waals surface area contributed by atoms with Gasteiger partial charge in [-0.05, 0) is 95.8 Å². The number of hydrogen-bond donors (Lipinski definition) is 3. The van der Waals surface area contributed by atoms with Crippen molar-refractivity contribution in [3.8, 4) is 0 Å². The second-order valence-corrected chi connectivity index (χ2v) is 11.4. The third-order valence-corrected chi connectivity index (χ3v) is 6.21. The summed E-state index contributed by atoms with van der Waals surface area (Å²) in [6.45, 7) is 10.9. The molecule has 170 valence electrons. The maximum absolute atomic E-state index is 12.7. The molecule has 0 saturated heterocycles. The van der Waals surface area contributed by atoms with E-state index >= 15 is 0 Å². The van der Waals surface area contributed by atoms with Crippen LogP contribution < -0.4 is 15.4 Å². The van der Waals surface area contributed by atoms with Crippen molar-refractivity contribution in [2.75, 3.05) is 10.6 Å². The van der Waals surface area contributed by atoms with E-state index in [1.54, 1.807) is 39.0 Å². The first-order chi connectivity index (χ1) is 14.1. The Labute approximate surface area is 185 Å². The summed E-state index contributed by atoms with van der Waals surface area (Å²) in [6, 6.07) is 12.2. The lowest BCUT2D eigenvalue weighted by Crippen LogP contribution is -2.45. The highest BCUT2D eigenvalue weighted by atomic mass is 32.2. The van der Waals surface area contributed by atoms with E-state index in [0.29, 0.717) is 24.2 Å². The molecule has 0 aromatic heterocycles. The number of amides is 1. The predicted octanol–water partition coefficient (Wildman–Crippen LogP) is 4.41. The van der Waals surface area contributed by atoms with E-state index in [4.69, 9.17) is 5.73 Å². The number of nitrogen functional groups attached to an aromatic ring is 1. The van der Waals surface area contributed by atoms with Gasteiger partial charge in [0.15, 0.2) is 0 Å². The number of hydrogen-bond acceptors (Lipinski definition) is 4. The summed E-state index contributed by atoms with van der Waals surface area (Å²) in [4.78, 5) is 13.2. The molecule has 4 N–H and O–H groups in total. The Balaban J connectivity index is 2.26. The van der Waals surface area contributed by atoms with Crippen molar-refractivity contribution in [1.29, 1.82) is 0 Å². The smallest absolute Gasteiger partial charge is 0.412 e. The first kappa shape index (κ1) is 24.7. The molecule has 0 aliphatic rings. The maximum Gasteiger partial charge on any atom is 0.412 e. The molecule has 2 aromatic carbocycles. The van der Waals surface area contributed by atoms with E-state index in [2.05, 4.69) is 4.72 Å². The number of rotatable bonds is 6. The Morgan fingerprint density at radius 2 is 1.61 bits per heavy atom. The van der Waals surface area contributed by atoms with Crippen molar-refractivity contribution in [3.05, 3.63) is 53.6 Å². The van der Waals surface area contributed by atoms with Crippen LogP contribution in [0.3, 0.4) is 0 Å². The Hall–Kier alpha value is -2.58. The normalized spacial score (nSPS) is 12.6. The fourth-order valence-corrected chi connectivity index (χ4v) is 4.89. The minimum absolute atomic E-state index is 0.135. The monoisotopic (exact) mass is 447 g/mol. The fraction of sp³-hybridized carbons (Fsp3) is 0.435. The highest BCUT2D eigenvalue weighted by molar-refractivity contribution is 7.89. The number of benzene rings is 2. The van der Waals surface area contributed by atoms with Gasteiger partial charge in [-0.3, -0.25) is 4.90 Å². The number of carbonyl (C=O) groups is 1. The second-order valence-electron chi connectivity index (χ2n) is 9.72. The molecule has 0 heterocycles. The van der Waals surface area contributed by atoms with Gasteiger partial charge in [-0.25, -0.2) is 17.9 Å². The summed E-state index contributed by atoms with van der Waals surface area (Å²) >= 11 is 0. The number of nitrogens with one attached hydrogen (secondary N) is 1. The van der Waals surface area contributed by atoms with Gasteiger partial charge in [0.05, 0.1) is 4.90 Å². The van der Waals surface area contributed by atoms with Gasteiger partial charge in [0.1, 0.15) is 0 Å². The van der Waals surface area contributed by atoms with Gasteiger partial charge < -0.3 is 10.8 Å². The van der Waals surface area contributed by atoms with Crippen LogP contribution in [0.5, 0.6) is 0 Å². The highest BCUT2D eigenvalue weighted by Gasteiger charge is 2.28. The number of anilines is 2. The van der Waals surface area contributed by atoms with Gasteiger partial charge in [0.2, 0.25) is 10.0 Å². The molecule has 31 heavy (non-hydrogen) atoms. The summed E-state index contributed by atoms with van der Waals surface area (Å²) in [5.41, 5.74) is 7.51. The topological polar surface area (TPSA) is 113 Å². The molecule has 0 atom stereocenters. The van der Waals surface area contributed by atoms with Crippen molar-refractivity contribution in [2.45, 2.75) is 70.4 Å². The van der Waals surface area contributed by atoms with Crippen molar-refractivity contribution >= 4 is 27.5 Å². The zero-order valence-corrected chi connectivity index (χ0v) is 19.9. The first-order valence-electron chi connectivity index (χ1n) is 10.1. The molecular weight excluding hydrogens is 414 g/mol. The molecule has 0 aliphatic heterocycles. The van der Waals surface area contributed by atoms with Crippen LogP contribution in [0.1, 0.15) is 52.7 Å². The van der Waals surface area contributed by atoms with Gasteiger partial charge in [-0.2, -0.15) is 0 Å². The number of nitrogens with two attached hydrogens (primary N) is 1. The van der Waals surface area contributed by atoms with Gasteiger partial charge >= 0.3 is 6.09 Å². The van der Waals surface area contributed by atoms with Crippen LogP contribution in [-0.4, -0.2) is 30.7 Å². The van der Waals surface area contributed by atoms with Crippen LogP contribution in [0, 0.1) is 0 Å². The summed E-state index contributed by atoms with van der Waals surface area (Å²) in [5, 5.41) is 9.63. The Bertz CT molecular complexity index is 1050. The van der Waals surface area contributed by atoms with Crippen LogP contribution in [0.25, 0.3) is 0 Å². The summed E-state index contributed by atoms with van der Waals surface area (Å²) in [5.74, 6) is 0. The van der Waals surface area contributed by atoms with Gasteiger partial charge in [-0.1, -0.05) is 12.1 Å². The summed E-state index contributed by atoms with van der Waals surface area (Å²) in [6.07, 6.45) is 0.164. The molecular formula is C23H33N3O4S. The quantitative estimate of drug-likeness (QED) is 0.568. The number of aryl methyl sites for hydroxylation is 2. The second kappa shape index (κ2) is 8.88. The number of sulfonamides is 1. The highest BCUT2D eigenvalue weighted by Crippen LogP contribution is 2.26. The Morgan fingerprint density at radius 3 is 2.16 bits per heavy atom. The molecule has 0 saturated carbocycles. The number of nitrogens with zero attached hydrogens (tertiary/aromatic N) is 1. The predicted molar refractivity (Wildman–Crippen MR) is 125 cm³/mol. The van der Waals surface area contributed by atoms with Crippen molar-refractivity contribution in [2.24, 2.45) is 0 Å². The van der Waals surface area contributed by atoms with E-state index in [1.807, 2.05) is 39.0 Å². The van der Waals surface area contributed by atoms with E-state index in [9.17, 15) is 18.3 Å². The molecule has 1 amide bonds. The van der Waals surface area contributed by atoms with Crippen LogP contribution in [0.2, 0.25) is 0 Å². The van der Waals surface area contributed by atoms with Crippen LogP contribution in [-0.2, 0) is 22.9 Å². The zero-order chi connectivity index (χ0) is 23.6. The Kier molecular flexibility index (Phi) is 7.07. The molecule has 0 aliphatic carbocycles. The van der Waals surface area contributed by atoms with Gasteiger partial charge in [-0.15, -0.1) is 0 Å². The van der Waals surface area contributed by atoms with Crippen molar-refractivity contribution in [3.63, 3.8) is 0 Å². The lowest BCUT2D eigenvalue weighted by atomic mass is 10.0. The van der Waals surface area contributed by atoms with Crippen molar-refractivity contribution in [1.82, 2.24) is 4.72 Å². The molecule has 0 bridgehead atoms. The van der Waals surface area contributed by atoms with E-state index in [1.165, 1.54) is 11.0 Å². The van der Waals surface area contributed by atoms with Crippen LogP contribution >= 0.6 is 0 Å². The fourth-order valence-electron chi connectivity index (χ4n) is 3.37. The SMILES string of the molecule is CC(C)(C)NS(=O)(=O)c1cc(N)cc(CCc2cccc(N(C(=O)O)C(C)(C)C)c2)c1. The molecule has 2 rings (SSSR count). The van der Waals surface area contributed by atoms with Gasteiger partial charge in [0.25, 0.3) is 0 Å². The molecule has 0 unspecified atom stereocenters. The molecule has 2 aromatic rings. The largest absolute Gasteiger partial charge is 0.465 e. The summed E-state index contributed by atoms with van der Waals surface area (Å²) in [7, 11) is -3.69. The molecule has 0 spiro atoms. The maximum atomic E-state index is 12.7. The molecule has 0 fully saturated rings. The number of carboxylic acid groups (broad SMARTS) is 1. The Morgan fingerprint density at radius 1 is 1.00 bits per heavy atom. The molecule has 8 heteroatoms. The lowest BCUT2D eigenvalue weighted by molar-refractivity contribution is 0.195. The van der Waals surface area contributed by atoms with E-state index in [0.717, 1.165) is 11.1 Å². The standard InChI is InChI=1S/C23H33N3O4S/c1-22(2,3)25-31(29,30)20-14-17(12-18(24)15-20)11-10-16-8-7-9-19(13-16)26(21(27)28)23(4,5)6/h7-9,12-15,25H,10-11,24H2,1-6H3,(H,27,28). The van der Waals surface area contributed by atoms with Gasteiger partial charge in [0, 0.05) is 22.5 Å². The molecule has 7 nitrogen and oxygen atoms in total. The van der Waals surface area contributed by atoms with Crippen molar-refractivity contribution < 1.29 is 18.3 Å². The lowest BCUT2D eigenvalue weighted by Gasteiger charge is -2.33. The van der Waals surface area contributed by atoms with Crippen LogP contribution in [0.4, 0.5) is 16.2 Å². The third-order valence-electron chi connectivity index (χ3n) is 4.47. The average Bonchev–Trinajstić information content (AvgIpc) is 2.56. The average molecular weight is 448 g/mol. The first-order valence-corrected chi connectivity index (χ1v) is 11.6. The van der Waals surface area contributed by atoms with E-state index in [-0.39, 0.29) is 4.90 Å². The molecule has 0 radical (unpaired) electrons. The minimum Gasteiger partial charge on any atom is -0.465 e. The summed E-state index contributed by atoms with van der Waals surface area (Å²) < 4.78 is 28.0. The van der Waals surface area contributed by atoms with E-state index < -0.39 is 27.2 Å². The zero-order valence-electron chi connectivity index (χ0n) is 19.1. The van der Waals surface area contributed by atoms with Crippen LogP contribution in [0.15, 0.2) is 47.4 Å². The third kappa shape index (κ3) is 6.97. The minimum atomic E-state index is -3.69.